The molecule has 0 saturated heterocycles. The van der Waals surface area contributed by atoms with E-state index in [1.807, 2.05) is 0 Å². The summed E-state index contributed by atoms with van der Waals surface area (Å²) in [6.07, 6.45) is 18.7. The molecule has 0 aromatic rings. The molecule has 0 heterocycles. The van der Waals surface area contributed by atoms with Crippen molar-refractivity contribution in [3.63, 3.8) is 0 Å². The molecule has 128 valence electrons. The molecular formula is C21H44. The molecule has 0 spiro atoms. The second-order valence-corrected chi connectivity index (χ2v) is 7.70. The summed E-state index contributed by atoms with van der Waals surface area (Å²) in [4.78, 5) is 0. The Morgan fingerprint density at radius 2 is 1.05 bits per heavy atom. The molecule has 21 heavy (non-hydrogen) atoms. The summed E-state index contributed by atoms with van der Waals surface area (Å²) >= 11 is 0. The van der Waals surface area contributed by atoms with Crippen LogP contribution in [0.2, 0.25) is 0 Å². The molecule has 0 aromatic carbocycles. The van der Waals surface area contributed by atoms with Gasteiger partial charge in [-0.3, -0.25) is 0 Å². The van der Waals surface area contributed by atoms with E-state index in [1.54, 1.807) is 0 Å². The van der Waals surface area contributed by atoms with E-state index in [4.69, 9.17) is 0 Å². The summed E-state index contributed by atoms with van der Waals surface area (Å²) < 4.78 is 0. The lowest BCUT2D eigenvalue weighted by Gasteiger charge is -2.23. The third kappa shape index (κ3) is 13.4. The molecule has 0 aliphatic heterocycles. The van der Waals surface area contributed by atoms with Gasteiger partial charge >= 0.3 is 0 Å². The lowest BCUT2D eigenvalue weighted by molar-refractivity contribution is 0.283. The van der Waals surface area contributed by atoms with Crippen molar-refractivity contribution in [1.82, 2.24) is 0 Å². The third-order valence-corrected chi connectivity index (χ3v) is 5.31. The Morgan fingerprint density at radius 3 is 1.62 bits per heavy atom. The molecule has 0 aliphatic carbocycles. The maximum Gasteiger partial charge on any atom is -0.0414 e. The van der Waals surface area contributed by atoms with Gasteiger partial charge in [-0.25, -0.2) is 0 Å². The van der Waals surface area contributed by atoms with Crippen LogP contribution in [0.3, 0.4) is 0 Å². The Balaban J connectivity index is 3.46. The van der Waals surface area contributed by atoms with E-state index in [0.29, 0.717) is 0 Å². The molecule has 0 rings (SSSR count). The molecule has 0 bridgehead atoms. The lowest BCUT2D eigenvalue weighted by atomic mass is 9.83. The number of rotatable bonds is 15. The van der Waals surface area contributed by atoms with Crippen LogP contribution in [0.1, 0.15) is 118 Å². The predicted octanol–water partition coefficient (Wildman–Crippen LogP) is 8.01. The third-order valence-electron chi connectivity index (χ3n) is 5.31. The average Bonchev–Trinajstić information content (AvgIpc) is 2.47. The molecule has 0 heteroatoms. The predicted molar refractivity (Wildman–Crippen MR) is 98.9 cm³/mol. The zero-order chi connectivity index (χ0) is 15.9. The Labute approximate surface area is 136 Å². The number of hydrogen-bond acceptors (Lipinski definition) is 0. The van der Waals surface area contributed by atoms with Crippen molar-refractivity contribution in [2.45, 2.75) is 118 Å². The normalized spacial score (nSPS) is 15.9. The molecule has 0 nitrogen and oxygen atoms in total. The quantitative estimate of drug-likeness (QED) is 0.268. The van der Waals surface area contributed by atoms with Crippen LogP contribution in [0.25, 0.3) is 0 Å². The summed E-state index contributed by atoms with van der Waals surface area (Å²) in [6, 6.07) is 0. The van der Waals surface area contributed by atoms with E-state index in [9.17, 15) is 0 Å². The van der Waals surface area contributed by atoms with Gasteiger partial charge in [-0.05, 0) is 24.2 Å². The summed E-state index contributed by atoms with van der Waals surface area (Å²) in [6.45, 7) is 12.0. The van der Waals surface area contributed by atoms with Gasteiger partial charge in [0.1, 0.15) is 0 Å². The van der Waals surface area contributed by atoms with Crippen molar-refractivity contribution >= 4 is 0 Å². The minimum Gasteiger partial charge on any atom is -0.0654 e. The van der Waals surface area contributed by atoms with Gasteiger partial charge in [0.15, 0.2) is 0 Å². The summed E-state index contributed by atoms with van der Waals surface area (Å²) in [7, 11) is 0. The van der Waals surface area contributed by atoms with Crippen LogP contribution in [-0.2, 0) is 0 Å². The molecule has 0 radical (unpaired) electrons. The van der Waals surface area contributed by atoms with Crippen LogP contribution < -0.4 is 0 Å². The minimum atomic E-state index is 0.917. The van der Waals surface area contributed by atoms with Gasteiger partial charge in [-0.2, -0.15) is 0 Å². The van der Waals surface area contributed by atoms with Gasteiger partial charge in [-0.1, -0.05) is 112 Å². The Bertz CT molecular complexity index is 196. The highest BCUT2D eigenvalue weighted by molar-refractivity contribution is 4.66. The second kappa shape index (κ2) is 14.9. The first-order valence-corrected chi connectivity index (χ1v) is 10.1. The summed E-state index contributed by atoms with van der Waals surface area (Å²) in [5.74, 6) is 2.77. The van der Waals surface area contributed by atoms with Crippen LogP contribution in [0, 0.1) is 17.8 Å². The first-order valence-electron chi connectivity index (χ1n) is 10.1. The second-order valence-electron chi connectivity index (χ2n) is 7.70. The standard InChI is InChI=1S/C21H44/c1-6-8-10-11-12-13-14-15-16-19(3)18-21(5)20(4)17-9-7-2/h19-21H,6-18H2,1-5H3. The maximum absolute atomic E-state index is 2.48. The van der Waals surface area contributed by atoms with E-state index in [-0.39, 0.29) is 0 Å². The van der Waals surface area contributed by atoms with E-state index in [1.165, 1.54) is 83.5 Å². The molecule has 0 amide bonds. The fourth-order valence-electron chi connectivity index (χ4n) is 3.42. The van der Waals surface area contributed by atoms with Crippen molar-refractivity contribution in [2.24, 2.45) is 17.8 Å². The molecule has 0 fully saturated rings. The topological polar surface area (TPSA) is 0 Å². The van der Waals surface area contributed by atoms with Crippen molar-refractivity contribution in [1.29, 1.82) is 0 Å². The number of hydrogen-bond donors (Lipinski definition) is 0. The first-order chi connectivity index (χ1) is 10.1. The average molecular weight is 297 g/mol. The van der Waals surface area contributed by atoms with Crippen LogP contribution in [0.5, 0.6) is 0 Å². The van der Waals surface area contributed by atoms with E-state index >= 15 is 0 Å². The molecule has 0 saturated carbocycles. The van der Waals surface area contributed by atoms with Gasteiger partial charge in [0.2, 0.25) is 0 Å². The van der Waals surface area contributed by atoms with Crippen LogP contribution in [-0.4, -0.2) is 0 Å². The van der Waals surface area contributed by atoms with Crippen molar-refractivity contribution < 1.29 is 0 Å². The summed E-state index contributed by atoms with van der Waals surface area (Å²) in [5, 5.41) is 0. The van der Waals surface area contributed by atoms with Gasteiger partial charge < -0.3 is 0 Å². The fraction of sp³-hybridized carbons (Fsp3) is 1.00. The van der Waals surface area contributed by atoms with E-state index in [2.05, 4.69) is 34.6 Å². The van der Waals surface area contributed by atoms with Crippen molar-refractivity contribution in [3.8, 4) is 0 Å². The van der Waals surface area contributed by atoms with E-state index < -0.39 is 0 Å². The Hall–Kier alpha value is 0. The SMILES string of the molecule is CCCCCCCCCCC(C)CC(C)C(C)CCCC. The molecule has 0 aliphatic rings. The fourth-order valence-corrected chi connectivity index (χ4v) is 3.42. The zero-order valence-corrected chi connectivity index (χ0v) is 15.9. The van der Waals surface area contributed by atoms with E-state index in [0.717, 1.165) is 17.8 Å². The van der Waals surface area contributed by atoms with Crippen LogP contribution in [0.4, 0.5) is 0 Å². The molecule has 0 aromatic heterocycles. The smallest absolute Gasteiger partial charge is 0.0414 e. The molecule has 3 unspecified atom stereocenters. The minimum absolute atomic E-state index is 0.917. The number of unbranched alkanes of at least 4 members (excludes halogenated alkanes) is 8. The van der Waals surface area contributed by atoms with Crippen LogP contribution in [0.15, 0.2) is 0 Å². The largest absolute Gasteiger partial charge is 0.0654 e. The summed E-state index contributed by atoms with van der Waals surface area (Å²) in [5.41, 5.74) is 0. The van der Waals surface area contributed by atoms with Gasteiger partial charge in [0.05, 0.1) is 0 Å². The molecule has 3 atom stereocenters. The van der Waals surface area contributed by atoms with Gasteiger partial charge in [0, 0.05) is 0 Å². The lowest BCUT2D eigenvalue weighted by Crippen LogP contribution is -2.12. The monoisotopic (exact) mass is 296 g/mol. The highest BCUT2D eigenvalue weighted by Gasteiger charge is 2.14. The van der Waals surface area contributed by atoms with Crippen molar-refractivity contribution in [3.05, 3.63) is 0 Å². The Morgan fingerprint density at radius 1 is 0.524 bits per heavy atom. The highest BCUT2D eigenvalue weighted by atomic mass is 14.2. The van der Waals surface area contributed by atoms with Gasteiger partial charge in [0.25, 0.3) is 0 Å². The molecular weight excluding hydrogens is 252 g/mol. The Kier molecular flexibility index (Phi) is 14.9. The van der Waals surface area contributed by atoms with Crippen LogP contribution >= 0.6 is 0 Å². The van der Waals surface area contributed by atoms with Gasteiger partial charge in [-0.15, -0.1) is 0 Å². The molecule has 0 N–H and O–H groups in total. The first kappa shape index (κ1) is 21.0. The maximum atomic E-state index is 2.48. The van der Waals surface area contributed by atoms with Crippen molar-refractivity contribution in [2.75, 3.05) is 0 Å². The highest BCUT2D eigenvalue weighted by Crippen LogP contribution is 2.26. The zero-order valence-electron chi connectivity index (χ0n) is 15.9.